The number of cyclic esters (lactones) is 3. The van der Waals surface area contributed by atoms with Gasteiger partial charge in [-0.1, -0.05) is 112 Å². The number of aryl methyl sites for hydroxylation is 1. The van der Waals surface area contributed by atoms with E-state index in [9.17, 15) is 19.5 Å². The van der Waals surface area contributed by atoms with Crippen LogP contribution in [0.5, 0.6) is 28.7 Å². The van der Waals surface area contributed by atoms with E-state index in [1.165, 1.54) is 0 Å². The summed E-state index contributed by atoms with van der Waals surface area (Å²) in [4.78, 5) is 39.7. The highest BCUT2D eigenvalue weighted by Gasteiger charge is 2.32. The number of carbonyl (C=O) groups excluding carboxylic acids is 3. The van der Waals surface area contributed by atoms with E-state index in [0.29, 0.717) is 118 Å². The number of allylic oxidation sites excluding steroid dienone is 4. The zero-order chi connectivity index (χ0) is 71.2. The minimum atomic E-state index is -0.427. The van der Waals surface area contributed by atoms with E-state index < -0.39 is 24.0 Å². The quantitative estimate of drug-likeness (QED) is 0.0179. The maximum atomic E-state index is 13.4. The smallest absolute Gasteiger partial charge is 0.342 e. The van der Waals surface area contributed by atoms with Crippen LogP contribution in [0.25, 0.3) is 0 Å². The summed E-state index contributed by atoms with van der Waals surface area (Å²) in [5.41, 5.74) is 6.23. The molecule has 8 rings (SSSR count). The maximum Gasteiger partial charge on any atom is 0.342 e. The summed E-state index contributed by atoms with van der Waals surface area (Å²) < 4.78 is 89.9. The van der Waals surface area contributed by atoms with Gasteiger partial charge in [-0.25, -0.2) is 14.4 Å². The van der Waals surface area contributed by atoms with Crippen LogP contribution in [0.15, 0.2) is 127 Å². The third-order valence-electron chi connectivity index (χ3n) is 17.9. The van der Waals surface area contributed by atoms with E-state index in [-0.39, 0.29) is 69.3 Å². The number of hydrogen-bond donors (Lipinski definition) is 1. The van der Waals surface area contributed by atoms with Gasteiger partial charge >= 0.3 is 17.9 Å². The second-order valence-corrected chi connectivity index (χ2v) is 25.0. The normalized spacial score (nSPS) is 22.2. The fourth-order valence-electron chi connectivity index (χ4n) is 12.1. The molecular weight excluding hydrogens is 1270 g/mol. The summed E-state index contributed by atoms with van der Waals surface area (Å²) >= 11 is 0. The lowest BCUT2D eigenvalue weighted by Gasteiger charge is -2.29. The number of aliphatic hydroxyl groups excluding tert-OH is 1. The van der Waals surface area contributed by atoms with E-state index in [0.717, 1.165) is 77.8 Å². The maximum absolute atomic E-state index is 13.4. The number of methoxy groups -OCH3 is 8. The summed E-state index contributed by atoms with van der Waals surface area (Å²) in [5.74, 6) is 2.73. The molecule has 3 heterocycles. The van der Waals surface area contributed by atoms with E-state index >= 15 is 0 Å². The molecule has 0 saturated carbocycles. The van der Waals surface area contributed by atoms with Crippen LogP contribution in [-0.4, -0.2) is 157 Å². The van der Waals surface area contributed by atoms with Crippen molar-refractivity contribution in [1.29, 1.82) is 0 Å². The SMILES string of the molecule is COCO[C@@H]1CC(CCO)OC(=O)c2c(cccc2OC)CCCC[C@@H]1C.COCO[C@@H]1CC(CCOCc2ccc(OC)cc2)OC(=O)c2c(cccc2OC)C/C=C/C[C@@H]1C.COCO[C@@H]1CC(CCOCc2ccc(OC)cc2)OC(=O)c2c(cccc2OC)C/C=C\C[C@@H]1C. The second kappa shape index (κ2) is 45.4. The Morgan fingerprint density at radius 1 is 0.424 bits per heavy atom. The Kier molecular flexibility index (Phi) is 37.0. The Bertz CT molecular complexity index is 3030. The Hall–Kier alpha value is -7.37. The summed E-state index contributed by atoms with van der Waals surface area (Å²) in [6.07, 6.45) is 16.8. The van der Waals surface area contributed by atoms with Crippen molar-refractivity contribution in [3.63, 3.8) is 0 Å². The lowest BCUT2D eigenvalue weighted by atomic mass is 9.91. The molecule has 3 aliphatic heterocycles. The first-order valence-corrected chi connectivity index (χ1v) is 34.5. The van der Waals surface area contributed by atoms with E-state index in [1.54, 1.807) is 75.1 Å². The number of aliphatic hydroxyl groups is 1. The monoisotopic (exact) mass is 1380 g/mol. The molecule has 1 N–H and O–H groups in total. The average molecular weight is 1380 g/mol. The molecule has 99 heavy (non-hydrogen) atoms. The Labute approximate surface area is 586 Å². The molecule has 0 radical (unpaired) electrons. The first-order chi connectivity index (χ1) is 48.2. The van der Waals surface area contributed by atoms with Gasteiger partial charge in [0.25, 0.3) is 0 Å². The van der Waals surface area contributed by atoms with Crippen LogP contribution in [0.2, 0.25) is 0 Å². The van der Waals surface area contributed by atoms with Gasteiger partial charge in [-0.2, -0.15) is 0 Å². The van der Waals surface area contributed by atoms with Gasteiger partial charge < -0.3 is 80.9 Å². The molecule has 5 aromatic rings. The van der Waals surface area contributed by atoms with E-state index in [2.05, 4.69) is 45.1 Å². The first-order valence-electron chi connectivity index (χ1n) is 34.5. The lowest BCUT2D eigenvalue weighted by molar-refractivity contribution is -0.105. The van der Waals surface area contributed by atoms with Crippen molar-refractivity contribution in [2.24, 2.45) is 17.8 Å². The minimum Gasteiger partial charge on any atom is -0.497 e. The molecule has 0 fully saturated rings. The Morgan fingerprint density at radius 3 is 1.17 bits per heavy atom. The topological polar surface area (TPSA) is 219 Å². The van der Waals surface area contributed by atoms with Crippen LogP contribution in [-0.2, 0) is 84.6 Å². The lowest BCUT2D eigenvalue weighted by Crippen LogP contribution is -2.32. The molecule has 5 aromatic carbocycles. The first kappa shape index (κ1) is 80.6. The minimum absolute atomic E-state index is 0.0535. The van der Waals surface area contributed by atoms with Crippen LogP contribution in [0, 0.1) is 17.8 Å². The van der Waals surface area contributed by atoms with Crippen LogP contribution >= 0.6 is 0 Å². The number of carbonyl (C=O) groups is 3. The van der Waals surface area contributed by atoms with E-state index in [4.69, 9.17) is 75.8 Å². The summed E-state index contributed by atoms with van der Waals surface area (Å²) in [5, 5.41) is 9.44. The molecule has 9 atom stereocenters. The molecule has 0 saturated heterocycles. The van der Waals surface area contributed by atoms with Gasteiger partial charge in [0.1, 0.15) is 84.1 Å². The van der Waals surface area contributed by atoms with Gasteiger partial charge in [0.05, 0.1) is 80.3 Å². The zero-order valence-corrected chi connectivity index (χ0v) is 60.1. The van der Waals surface area contributed by atoms with Crippen molar-refractivity contribution in [3.8, 4) is 28.7 Å². The molecule has 3 aliphatic rings. The van der Waals surface area contributed by atoms with Crippen molar-refractivity contribution < 1.29 is 95.3 Å². The molecule has 0 spiro atoms. The molecule has 20 nitrogen and oxygen atoms in total. The van der Waals surface area contributed by atoms with Crippen molar-refractivity contribution >= 4 is 17.9 Å². The predicted octanol–water partition coefficient (Wildman–Crippen LogP) is 14.1. The fourth-order valence-corrected chi connectivity index (χ4v) is 12.1. The number of ether oxygens (including phenoxy) is 16. The standard InChI is InChI=1S/2C29H38O7.C21H32O6/c2*1-21-8-5-6-9-23-10-7-11-26(33-4)28(23)29(30)36-25(18-27(21)35-20-31-2)16-17-34-19-22-12-14-24(32-3)15-13-22;1-15-7-4-5-8-16-9-6-10-18(25-3)20(16)21(23)27-17(11-12-22)13-19(15)26-14-24-2/h2*5-7,10-15,21,25,27H,8-9,16-20H2,1-4H3;6,9-10,15,17,19,22H,4-5,7-8,11-14H2,1-3H3/b6-5+;6-5-;/t2*21-,25?,27+;15-,17?,19+/m000/s1. The van der Waals surface area contributed by atoms with Crippen molar-refractivity contribution in [1.82, 2.24) is 0 Å². The van der Waals surface area contributed by atoms with Crippen LogP contribution in [0.1, 0.15) is 150 Å². The van der Waals surface area contributed by atoms with E-state index in [1.807, 2.05) is 84.9 Å². The Morgan fingerprint density at radius 2 is 0.798 bits per heavy atom. The highest BCUT2D eigenvalue weighted by atomic mass is 16.7. The number of rotatable bonds is 26. The summed E-state index contributed by atoms with van der Waals surface area (Å²) in [7, 11) is 12.8. The van der Waals surface area contributed by atoms with Crippen LogP contribution < -0.4 is 23.7 Å². The van der Waals surface area contributed by atoms with Crippen molar-refractivity contribution in [2.75, 3.05) is 97.1 Å². The second-order valence-electron chi connectivity index (χ2n) is 25.0. The molecule has 0 aromatic heterocycles. The van der Waals surface area contributed by atoms with Gasteiger partial charge in [-0.15, -0.1) is 0 Å². The zero-order valence-electron chi connectivity index (χ0n) is 60.1. The summed E-state index contributed by atoms with van der Waals surface area (Å²) in [6.45, 7) is 8.77. The molecule has 0 aliphatic carbocycles. The number of esters is 3. The third kappa shape index (κ3) is 26.9. The number of benzene rings is 5. The predicted molar refractivity (Wildman–Crippen MR) is 377 cm³/mol. The number of hydrogen-bond acceptors (Lipinski definition) is 20. The fraction of sp³-hybridized carbons (Fsp3) is 0.532. The van der Waals surface area contributed by atoms with Gasteiger partial charge in [-0.05, 0) is 133 Å². The van der Waals surface area contributed by atoms with Crippen molar-refractivity contribution in [3.05, 3.63) is 172 Å². The molecule has 544 valence electrons. The molecular formula is C79H108O20. The van der Waals surface area contributed by atoms with Crippen LogP contribution in [0.3, 0.4) is 0 Å². The molecule has 0 bridgehead atoms. The van der Waals surface area contributed by atoms with Gasteiger partial charge in [-0.3, -0.25) is 0 Å². The number of fused-ring (bicyclic) bond motifs is 3. The Balaban J connectivity index is 0.000000237. The summed E-state index contributed by atoms with van der Waals surface area (Å²) in [6, 6.07) is 32.4. The molecule has 0 amide bonds. The molecule has 3 unspecified atom stereocenters. The van der Waals surface area contributed by atoms with Crippen molar-refractivity contribution in [2.45, 2.75) is 161 Å². The average Bonchev–Trinajstić information content (AvgIpc) is 0.842. The highest BCUT2D eigenvalue weighted by molar-refractivity contribution is 5.95. The molecule has 20 heteroatoms. The van der Waals surface area contributed by atoms with Crippen LogP contribution in [0.4, 0.5) is 0 Å². The van der Waals surface area contributed by atoms with Gasteiger partial charge in [0.2, 0.25) is 0 Å². The third-order valence-corrected chi connectivity index (χ3v) is 17.9. The highest BCUT2D eigenvalue weighted by Crippen LogP contribution is 2.33. The van der Waals surface area contributed by atoms with Gasteiger partial charge in [0, 0.05) is 66.5 Å². The largest absolute Gasteiger partial charge is 0.497 e. The van der Waals surface area contributed by atoms with Gasteiger partial charge in [0.15, 0.2) is 0 Å².